The van der Waals surface area contributed by atoms with Gasteiger partial charge in [-0.1, -0.05) is 12.1 Å². The Hall–Kier alpha value is -1.29. The van der Waals surface area contributed by atoms with E-state index in [0.29, 0.717) is 18.5 Å². The lowest BCUT2D eigenvalue weighted by Gasteiger charge is -1.98. The highest BCUT2D eigenvalue weighted by molar-refractivity contribution is 7.71. The van der Waals surface area contributed by atoms with Gasteiger partial charge in [0.1, 0.15) is 0 Å². The van der Waals surface area contributed by atoms with Gasteiger partial charge < -0.3 is 5.73 Å². The summed E-state index contributed by atoms with van der Waals surface area (Å²) in [7, 11) is -2.05. The Bertz CT molecular complexity index is 401. The molecular weight excluding hydrogens is 186 g/mol. The van der Waals surface area contributed by atoms with Crippen LogP contribution in [0.4, 0.5) is 5.69 Å². The molecule has 0 heterocycles. The molecule has 70 valence electrons. The Morgan fingerprint density at radius 3 is 2.77 bits per heavy atom. The lowest BCUT2D eigenvalue weighted by molar-refractivity contribution is 0.627. The van der Waals surface area contributed by atoms with Gasteiger partial charge in [0.15, 0.2) is 0 Å². The van der Waals surface area contributed by atoms with Crippen LogP contribution in [-0.2, 0) is 16.7 Å². The van der Waals surface area contributed by atoms with Gasteiger partial charge in [-0.25, -0.2) is 0 Å². The van der Waals surface area contributed by atoms with Gasteiger partial charge in [0.05, 0.1) is 0 Å². The summed E-state index contributed by atoms with van der Waals surface area (Å²) >= 11 is 0. The summed E-state index contributed by atoms with van der Waals surface area (Å²) in [5.74, 6) is 0. The van der Waals surface area contributed by atoms with Crippen molar-refractivity contribution in [1.29, 1.82) is 0 Å². The highest BCUT2D eigenvalue weighted by Gasteiger charge is 1.91. The third-order valence-corrected chi connectivity index (χ3v) is 2.15. The molecule has 0 aromatic heterocycles. The number of nitrogens with two attached hydrogens (primary N) is 1. The van der Waals surface area contributed by atoms with Crippen LogP contribution in [0.5, 0.6) is 0 Å². The van der Waals surface area contributed by atoms with E-state index in [4.69, 9.17) is 5.73 Å². The quantitative estimate of drug-likeness (QED) is 0.578. The summed E-state index contributed by atoms with van der Waals surface area (Å²) in [4.78, 5) is 0. The number of nitrogen functional groups attached to an aromatic ring is 1. The standard InChI is InChI=1S/C9H11NO2S/c10-9-5-1-3-8(7-9)4-2-6-13(11)12/h1,3,5-7H,2,4,10H2. The van der Waals surface area contributed by atoms with Crippen molar-refractivity contribution in [3.8, 4) is 0 Å². The molecule has 0 spiro atoms. The fourth-order valence-electron chi connectivity index (χ4n) is 1.07. The van der Waals surface area contributed by atoms with Gasteiger partial charge in [0.2, 0.25) is 10.3 Å². The first kappa shape index (κ1) is 9.80. The molecule has 1 rings (SSSR count). The molecule has 1 aromatic carbocycles. The SMILES string of the molecule is Nc1cccc(CCC=S(=O)=O)c1. The highest BCUT2D eigenvalue weighted by Crippen LogP contribution is 2.07. The maximum absolute atomic E-state index is 10.2. The molecule has 0 aliphatic rings. The Kier molecular flexibility index (Phi) is 3.52. The first-order valence-corrected chi connectivity index (χ1v) is 5.08. The molecule has 2 N–H and O–H groups in total. The molecule has 0 radical (unpaired) electrons. The van der Waals surface area contributed by atoms with E-state index >= 15 is 0 Å². The lowest BCUT2D eigenvalue weighted by atomic mass is 10.1. The van der Waals surface area contributed by atoms with Gasteiger partial charge in [-0.3, -0.25) is 0 Å². The van der Waals surface area contributed by atoms with Crippen LogP contribution in [0.25, 0.3) is 0 Å². The van der Waals surface area contributed by atoms with Crippen molar-refractivity contribution >= 4 is 21.3 Å². The summed E-state index contributed by atoms with van der Waals surface area (Å²) in [6.45, 7) is 0. The third kappa shape index (κ3) is 3.75. The van der Waals surface area contributed by atoms with Crippen molar-refractivity contribution in [1.82, 2.24) is 0 Å². The van der Waals surface area contributed by atoms with Crippen LogP contribution in [0.1, 0.15) is 12.0 Å². The minimum Gasteiger partial charge on any atom is -0.399 e. The van der Waals surface area contributed by atoms with Crippen LogP contribution in [-0.4, -0.2) is 13.8 Å². The van der Waals surface area contributed by atoms with Crippen LogP contribution in [0.15, 0.2) is 24.3 Å². The first-order valence-electron chi connectivity index (χ1n) is 3.94. The molecule has 4 heteroatoms. The number of rotatable bonds is 3. The number of aryl methyl sites for hydroxylation is 1. The second-order valence-electron chi connectivity index (χ2n) is 2.71. The molecule has 0 amide bonds. The highest BCUT2D eigenvalue weighted by atomic mass is 32.2. The third-order valence-electron chi connectivity index (χ3n) is 1.64. The molecule has 0 atom stereocenters. The molecule has 0 aliphatic carbocycles. The zero-order valence-electron chi connectivity index (χ0n) is 7.10. The van der Waals surface area contributed by atoms with Crippen molar-refractivity contribution in [3.05, 3.63) is 29.8 Å². The van der Waals surface area contributed by atoms with E-state index in [1.807, 2.05) is 18.2 Å². The average Bonchev–Trinajstić information content (AvgIpc) is 2.03. The fourth-order valence-corrected chi connectivity index (χ4v) is 1.38. The zero-order chi connectivity index (χ0) is 9.68. The van der Waals surface area contributed by atoms with Gasteiger partial charge in [-0.15, -0.1) is 0 Å². The molecule has 1 aromatic rings. The molecular formula is C9H11NO2S. The van der Waals surface area contributed by atoms with Crippen LogP contribution >= 0.6 is 0 Å². The van der Waals surface area contributed by atoms with E-state index in [1.165, 1.54) is 5.37 Å². The van der Waals surface area contributed by atoms with Gasteiger partial charge in [-0.05, 0) is 30.5 Å². The predicted octanol–water partition coefficient (Wildman–Crippen LogP) is 0.883. The van der Waals surface area contributed by atoms with Crippen molar-refractivity contribution in [2.24, 2.45) is 0 Å². The van der Waals surface area contributed by atoms with Crippen LogP contribution in [0.2, 0.25) is 0 Å². The topological polar surface area (TPSA) is 60.2 Å². The van der Waals surface area contributed by atoms with Crippen LogP contribution in [0, 0.1) is 0 Å². The molecule has 0 fully saturated rings. The molecule has 0 unspecified atom stereocenters. The average molecular weight is 197 g/mol. The fraction of sp³-hybridized carbons (Fsp3) is 0.222. The van der Waals surface area contributed by atoms with Crippen molar-refractivity contribution in [2.75, 3.05) is 5.73 Å². The monoisotopic (exact) mass is 197 g/mol. The second-order valence-corrected chi connectivity index (χ2v) is 3.57. The largest absolute Gasteiger partial charge is 0.399 e. The summed E-state index contributed by atoms with van der Waals surface area (Å²) in [5, 5.41) is 1.25. The minimum atomic E-state index is -2.05. The zero-order valence-corrected chi connectivity index (χ0v) is 7.92. The van der Waals surface area contributed by atoms with Crippen molar-refractivity contribution in [2.45, 2.75) is 12.8 Å². The number of hydrogen-bond acceptors (Lipinski definition) is 3. The molecule has 0 aliphatic heterocycles. The van der Waals surface area contributed by atoms with Crippen molar-refractivity contribution < 1.29 is 8.42 Å². The van der Waals surface area contributed by atoms with E-state index < -0.39 is 10.3 Å². The van der Waals surface area contributed by atoms with E-state index in [1.54, 1.807) is 6.07 Å². The number of anilines is 1. The predicted molar refractivity (Wildman–Crippen MR) is 54.2 cm³/mol. The van der Waals surface area contributed by atoms with Crippen LogP contribution < -0.4 is 5.73 Å². The number of hydrogen-bond donors (Lipinski definition) is 1. The number of benzene rings is 1. The summed E-state index contributed by atoms with van der Waals surface area (Å²) < 4.78 is 20.4. The minimum absolute atomic E-state index is 0.527. The Morgan fingerprint density at radius 1 is 1.38 bits per heavy atom. The summed E-state index contributed by atoms with van der Waals surface area (Å²) in [5.41, 5.74) is 7.32. The Morgan fingerprint density at radius 2 is 2.15 bits per heavy atom. The van der Waals surface area contributed by atoms with Gasteiger partial charge in [0, 0.05) is 11.1 Å². The second kappa shape index (κ2) is 4.67. The molecule has 13 heavy (non-hydrogen) atoms. The van der Waals surface area contributed by atoms with Gasteiger partial charge in [-0.2, -0.15) is 8.42 Å². The van der Waals surface area contributed by atoms with E-state index in [-0.39, 0.29) is 0 Å². The van der Waals surface area contributed by atoms with Gasteiger partial charge >= 0.3 is 0 Å². The molecule has 0 saturated carbocycles. The van der Waals surface area contributed by atoms with E-state index in [9.17, 15) is 8.42 Å². The normalized spacial score (nSPS) is 9.54. The maximum Gasteiger partial charge on any atom is 0.209 e. The van der Waals surface area contributed by atoms with Crippen LogP contribution in [0.3, 0.4) is 0 Å². The van der Waals surface area contributed by atoms with E-state index in [0.717, 1.165) is 5.56 Å². The van der Waals surface area contributed by atoms with E-state index in [2.05, 4.69) is 0 Å². The Balaban J connectivity index is 2.60. The summed E-state index contributed by atoms with van der Waals surface area (Å²) in [6, 6.07) is 7.44. The smallest absolute Gasteiger partial charge is 0.209 e. The lowest BCUT2D eigenvalue weighted by Crippen LogP contribution is -1.89. The summed E-state index contributed by atoms with van der Waals surface area (Å²) in [6.07, 6.45) is 1.23. The Labute approximate surface area is 78.7 Å². The maximum atomic E-state index is 10.2. The molecule has 3 nitrogen and oxygen atoms in total. The van der Waals surface area contributed by atoms with Crippen molar-refractivity contribution in [3.63, 3.8) is 0 Å². The van der Waals surface area contributed by atoms with Gasteiger partial charge in [0.25, 0.3) is 0 Å². The first-order chi connectivity index (χ1) is 6.18. The molecule has 0 saturated heterocycles. The molecule has 0 bridgehead atoms.